The molecule has 0 bridgehead atoms. The first-order valence-electron chi connectivity index (χ1n) is 28.0. The Morgan fingerprint density at radius 2 is 1.22 bits per heavy atom. The molecule has 0 aromatic rings. The number of hydrogen-bond donors (Lipinski definition) is 10. The smallest absolute Gasteiger partial charge is 0.335 e. The average Bonchev–Trinajstić information content (AvgIpc) is 3.54. The maximum atomic E-state index is 13.8. The van der Waals surface area contributed by atoms with Gasteiger partial charge >= 0.3 is 17.9 Å². The third-order valence-electron chi connectivity index (χ3n) is 21.0. The van der Waals surface area contributed by atoms with Gasteiger partial charge in [-0.15, -0.1) is 0 Å². The Morgan fingerprint density at radius 1 is 0.658 bits per heavy atom. The van der Waals surface area contributed by atoms with E-state index in [0.717, 1.165) is 12.0 Å². The van der Waals surface area contributed by atoms with Gasteiger partial charge in [0.1, 0.15) is 54.9 Å². The molecule has 3 aliphatic heterocycles. The topological polar surface area (TPSA) is 337 Å². The zero-order chi connectivity index (χ0) is 58.3. The number of aliphatic hydroxyl groups excluding tert-OH is 9. The fraction of sp³-hybridized carbons (Fsp3) is 0.842. The van der Waals surface area contributed by atoms with E-state index in [4.69, 9.17) is 42.6 Å². The molecule has 0 amide bonds. The van der Waals surface area contributed by atoms with Crippen LogP contribution in [-0.2, 0) is 57.0 Å². The quantitative estimate of drug-likeness (QED) is 0.0636. The minimum atomic E-state index is -1.89. The third kappa shape index (κ3) is 10.3. The van der Waals surface area contributed by atoms with Crippen molar-refractivity contribution < 1.29 is 108 Å². The summed E-state index contributed by atoms with van der Waals surface area (Å²) in [4.78, 5) is 40.4. The lowest BCUT2D eigenvalue weighted by Gasteiger charge is -2.72. The predicted molar refractivity (Wildman–Crippen MR) is 275 cm³/mol. The van der Waals surface area contributed by atoms with Crippen molar-refractivity contribution in [3.63, 3.8) is 0 Å². The normalized spacial score (nSPS) is 47.6. The van der Waals surface area contributed by atoms with Crippen molar-refractivity contribution in [1.29, 1.82) is 0 Å². The Kier molecular flexibility index (Phi) is 18.0. The number of carbonyl (C=O) groups is 3. The van der Waals surface area contributed by atoms with E-state index in [9.17, 15) is 65.4 Å². The Balaban J connectivity index is 1.08. The number of allylic oxidation sites excluding steroid dienone is 4. The molecule has 8 aliphatic rings. The maximum Gasteiger partial charge on any atom is 0.335 e. The average molecular weight is 1130 g/mol. The van der Waals surface area contributed by atoms with E-state index in [0.29, 0.717) is 43.3 Å². The van der Waals surface area contributed by atoms with E-state index in [1.807, 2.05) is 13.8 Å². The Bertz CT molecular complexity index is 2340. The highest BCUT2D eigenvalue weighted by atomic mass is 16.8. The van der Waals surface area contributed by atoms with Crippen molar-refractivity contribution in [3.8, 4) is 0 Å². The van der Waals surface area contributed by atoms with Gasteiger partial charge in [0.2, 0.25) is 12.6 Å². The molecule has 0 radical (unpaired) electrons. The summed E-state index contributed by atoms with van der Waals surface area (Å²) in [5, 5.41) is 108. The van der Waals surface area contributed by atoms with Crippen LogP contribution in [0.4, 0.5) is 0 Å². The monoisotopic (exact) mass is 1120 g/mol. The molecule has 448 valence electrons. The van der Waals surface area contributed by atoms with Crippen LogP contribution < -0.4 is 0 Å². The molecule has 7 fully saturated rings. The molecule has 4 saturated carbocycles. The fourth-order valence-corrected chi connectivity index (χ4v) is 15.9. The molecule has 22 heteroatoms. The highest BCUT2D eigenvalue weighted by molar-refractivity contribution is 5.89. The lowest BCUT2D eigenvalue weighted by Crippen LogP contribution is -2.72. The minimum absolute atomic E-state index is 0.00885. The summed E-state index contributed by atoms with van der Waals surface area (Å²) in [5.41, 5.74) is -2.45. The lowest BCUT2D eigenvalue weighted by molar-refractivity contribution is -0.418. The lowest BCUT2D eigenvalue weighted by atomic mass is 9.33. The van der Waals surface area contributed by atoms with Gasteiger partial charge in [-0.1, -0.05) is 72.3 Å². The number of hydrogen-bond acceptors (Lipinski definition) is 21. The standard InChI is InChI=1S/C57H88O22/c1-12-26(3)46(69)77-43-44(78-47(70)27(4)13-2)57(25-60)29(20-52(43,5)6)28-14-15-34-54(9)18-17-36(53(7,8)33(54)16-19-55(34,10)56(28,11)21-35(57)61)75-51-50(79-49-41(66)39(64)37(62)30(22-58)73-49)74-32(42(76-51)45(67)68)24-71-48-40(65)38(63)31(23-59)72-48/h12-14,29-44,48-51,58-66H,15-25H2,1-11H3,(H,67,68)/b26-12-,27-13-/t29?,30?,31-,32?,33?,34?,35+,36-,37-,38+,39?,40?,41-,42?,43-,44-,48?,49-,50?,51+,54-,55+,56+,57-/m0/s1. The number of aliphatic carboxylic acids is 1. The van der Waals surface area contributed by atoms with Crippen molar-refractivity contribution in [3.05, 3.63) is 34.9 Å². The van der Waals surface area contributed by atoms with E-state index < -0.39 is 182 Å². The molecule has 3 heterocycles. The van der Waals surface area contributed by atoms with Crippen LogP contribution in [-0.4, -0.2) is 200 Å². The van der Waals surface area contributed by atoms with Crippen LogP contribution in [0.1, 0.15) is 121 Å². The third-order valence-corrected chi connectivity index (χ3v) is 21.0. The van der Waals surface area contributed by atoms with E-state index in [1.165, 1.54) is 0 Å². The zero-order valence-electron chi connectivity index (χ0n) is 47.4. The van der Waals surface area contributed by atoms with E-state index in [2.05, 4.69) is 40.7 Å². The molecular weight excluding hydrogens is 1040 g/mol. The molecule has 10 N–H and O–H groups in total. The summed E-state index contributed by atoms with van der Waals surface area (Å²) in [6.07, 6.45) is -15.7. The van der Waals surface area contributed by atoms with E-state index in [1.54, 1.807) is 39.8 Å². The number of aliphatic hydroxyl groups is 9. The molecule has 79 heavy (non-hydrogen) atoms. The number of carbonyl (C=O) groups excluding carboxylic acids is 2. The second-order valence-electron chi connectivity index (χ2n) is 25.8. The van der Waals surface area contributed by atoms with Crippen molar-refractivity contribution in [2.24, 2.45) is 50.2 Å². The second kappa shape index (κ2) is 22.9. The summed E-state index contributed by atoms with van der Waals surface area (Å²) >= 11 is 0. The summed E-state index contributed by atoms with van der Waals surface area (Å²) < 4.78 is 54.9. The number of rotatable bonds is 15. The van der Waals surface area contributed by atoms with Crippen molar-refractivity contribution in [1.82, 2.24) is 0 Å². The summed E-state index contributed by atoms with van der Waals surface area (Å²) in [6, 6.07) is 0. The Morgan fingerprint density at radius 3 is 1.80 bits per heavy atom. The summed E-state index contributed by atoms with van der Waals surface area (Å²) in [5.74, 6) is -3.12. The molecule has 0 spiro atoms. The van der Waals surface area contributed by atoms with Gasteiger partial charge in [-0.05, 0) is 112 Å². The van der Waals surface area contributed by atoms with Crippen LogP contribution >= 0.6 is 0 Å². The molecule has 24 atom stereocenters. The first-order chi connectivity index (χ1) is 37.0. The largest absolute Gasteiger partial charge is 0.479 e. The van der Waals surface area contributed by atoms with Gasteiger partial charge in [-0.2, -0.15) is 0 Å². The number of carboxylic acids is 1. The molecule has 3 saturated heterocycles. The molecule has 10 unspecified atom stereocenters. The molecule has 5 aliphatic carbocycles. The second-order valence-corrected chi connectivity index (χ2v) is 25.8. The van der Waals surface area contributed by atoms with Gasteiger partial charge in [0.05, 0.1) is 44.1 Å². The number of carboxylic acid groups (broad SMARTS) is 1. The van der Waals surface area contributed by atoms with Gasteiger partial charge in [0.15, 0.2) is 24.8 Å². The predicted octanol–water partition coefficient (Wildman–Crippen LogP) is 1.91. The number of ether oxygens (including phenoxy) is 9. The highest BCUT2D eigenvalue weighted by Gasteiger charge is 2.74. The number of esters is 2. The van der Waals surface area contributed by atoms with Gasteiger partial charge in [0, 0.05) is 16.6 Å². The van der Waals surface area contributed by atoms with E-state index in [-0.39, 0.29) is 23.7 Å². The van der Waals surface area contributed by atoms with Crippen LogP contribution in [0.15, 0.2) is 34.9 Å². The molecule has 0 aromatic heterocycles. The maximum absolute atomic E-state index is 13.8. The molecular formula is C57H88O22. The van der Waals surface area contributed by atoms with Gasteiger partial charge in [-0.3, -0.25) is 0 Å². The first-order valence-corrected chi connectivity index (χ1v) is 28.0. The van der Waals surface area contributed by atoms with Crippen LogP contribution in [0.3, 0.4) is 0 Å². The van der Waals surface area contributed by atoms with Crippen molar-refractivity contribution in [2.45, 2.75) is 226 Å². The zero-order valence-corrected chi connectivity index (χ0v) is 47.4. The van der Waals surface area contributed by atoms with Gasteiger partial charge < -0.3 is 93.7 Å². The summed E-state index contributed by atoms with van der Waals surface area (Å²) in [6.45, 7) is 19.2. The SMILES string of the molecule is C/C=C(/C)C(=O)O[C@H]1[C@H](OC(=O)/C(C)=C\C)[C@@]2(CO)C(CC1(C)C)C1=CCC3[C@@]4(C)CC[C@H](O[C@@H]5OC(C(=O)O)C(COC6O[C@@H](CO)[C@@H](O)C6O)OC5O[C@@H]5OC(CO)[C@H](O)C(O)[C@@H]5O)C(C)(C)C4CC[C@@]3(C)[C@]1(C)C[C@H]2O. The first kappa shape index (κ1) is 62.0. The van der Waals surface area contributed by atoms with Crippen molar-refractivity contribution in [2.75, 3.05) is 26.4 Å². The van der Waals surface area contributed by atoms with E-state index >= 15 is 0 Å². The van der Waals surface area contributed by atoms with Gasteiger partial charge in [0.25, 0.3) is 0 Å². The van der Waals surface area contributed by atoms with Crippen LogP contribution in [0, 0.1) is 50.2 Å². The minimum Gasteiger partial charge on any atom is -0.479 e. The fourth-order valence-electron chi connectivity index (χ4n) is 15.9. The summed E-state index contributed by atoms with van der Waals surface area (Å²) in [7, 11) is 0. The number of fused-ring (bicyclic) bond motifs is 7. The molecule has 8 rings (SSSR count). The van der Waals surface area contributed by atoms with Gasteiger partial charge in [-0.25, -0.2) is 14.4 Å². The van der Waals surface area contributed by atoms with Crippen LogP contribution in [0.25, 0.3) is 0 Å². The van der Waals surface area contributed by atoms with Crippen LogP contribution in [0.2, 0.25) is 0 Å². The highest BCUT2D eigenvalue weighted by Crippen LogP contribution is 2.76. The Hall–Kier alpha value is -3.01. The molecule has 0 aromatic carbocycles. The van der Waals surface area contributed by atoms with Crippen LogP contribution in [0.5, 0.6) is 0 Å². The Labute approximate surface area is 462 Å². The van der Waals surface area contributed by atoms with Crippen molar-refractivity contribution >= 4 is 17.9 Å². The molecule has 22 nitrogen and oxygen atoms in total.